The number of guanidine groups is 1. The van der Waals surface area contributed by atoms with Gasteiger partial charge in [-0.15, -0.1) is 0 Å². The molecule has 3 atom stereocenters. The summed E-state index contributed by atoms with van der Waals surface area (Å²) in [4.78, 5) is 6.85. The summed E-state index contributed by atoms with van der Waals surface area (Å²) in [6.07, 6.45) is 5.34. The summed E-state index contributed by atoms with van der Waals surface area (Å²) in [5.41, 5.74) is 0. The van der Waals surface area contributed by atoms with E-state index in [0.29, 0.717) is 6.10 Å². The number of hydrogen-bond acceptors (Lipinski definition) is 2. The zero-order chi connectivity index (χ0) is 13.7. The van der Waals surface area contributed by atoms with Gasteiger partial charge in [0.25, 0.3) is 0 Å². The molecule has 0 spiro atoms. The second kappa shape index (κ2) is 7.13. The van der Waals surface area contributed by atoms with Crippen molar-refractivity contribution >= 4 is 5.96 Å². The molecule has 1 N–H and O–H groups in total. The summed E-state index contributed by atoms with van der Waals surface area (Å²) < 4.78 is 5.65. The van der Waals surface area contributed by atoms with Gasteiger partial charge < -0.3 is 15.0 Å². The van der Waals surface area contributed by atoms with Gasteiger partial charge in [-0.05, 0) is 37.5 Å². The molecule has 19 heavy (non-hydrogen) atoms. The fourth-order valence-corrected chi connectivity index (χ4v) is 3.39. The Hall–Kier alpha value is -0.770. The lowest BCUT2D eigenvalue weighted by Crippen LogP contribution is -2.48. The van der Waals surface area contributed by atoms with Crippen molar-refractivity contribution in [1.82, 2.24) is 10.2 Å². The molecular weight excluding hydrogens is 238 g/mol. The van der Waals surface area contributed by atoms with Gasteiger partial charge in [-0.1, -0.05) is 13.8 Å². The van der Waals surface area contributed by atoms with Crippen LogP contribution in [0.25, 0.3) is 0 Å². The number of piperidine rings is 1. The van der Waals surface area contributed by atoms with Gasteiger partial charge in [-0.25, -0.2) is 0 Å². The van der Waals surface area contributed by atoms with E-state index in [4.69, 9.17) is 4.74 Å². The number of hydrogen-bond donors (Lipinski definition) is 1. The van der Waals surface area contributed by atoms with Crippen LogP contribution in [0.1, 0.15) is 39.5 Å². The van der Waals surface area contributed by atoms with E-state index < -0.39 is 0 Å². The Bertz CT molecular complexity index is 290. The highest BCUT2D eigenvalue weighted by atomic mass is 16.5. The van der Waals surface area contributed by atoms with Gasteiger partial charge in [-0.2, -0.15) is 0 Å². The monoisotopic (exact) mass is 267 g/mol. The van der Waals surface area contributed by atoms with Crippen LogP contribution in [0.5, 0.6) is 0 Å². The average Bonchev–Trinajstić information content (AvgIpc) is 2.86. The molecule has 3 unspecified atom stereocenters. The van der Waals surface area contributed by atoms with Gasteiger partial charge in [0, 0.05) is 33.3 Å². The Balaban J connectivity index is 1.75. The van der Waals surface area contributed by atoms with E-state index >= 15 is 0 Å². The number of aliphatic imine (C=N–C) groups is 1. The van der Waals surface area contributed by atoms with Gasteiger partial charge in [0.1, 0.15) is 0 Å². The van der Waals surface area contributed by atoms with Crippen molar-refractivity contribution in [2.45, 2.75) is 45.6 Å². The van der Waals surface area contributed by atoms with E-state index in [1.165, 1.54) is 19.3 Å². The SMILES string of the molecule is CN=C(NCCC1CCCO1)N1CC(C)CC(C)C1. The van der Waals surface area contributed by atoms with Crippen LogP contribution in [0.2, 0.25) is 0 Å². The maximum Gasteiger partial charge on any atom is 0.193 e. The lowest BCUT2D eigenvalue weighted by Gasteiger charge is -2.37. The molecule has 0 aromatic carbocycles. The number of nitrogens with zero attached hydrogens (tertiary/aromatic N) is 2. The summed E-state index contributed by atoms with van der Waals surface area (Å²) in [5.74, 6) is 2.59. The van der Waals surface area contributed by atoms with Crippen LogP contribution < -0.4 is 5.32 Å². The highest BCUT2D eigenvalue weighted by Crippen LogP contribution is 2.21. The van der Waals surface area contributed by atoms with E-state index in [0.717, 1.165) is 50.5 Å². The van der Waals surface area contributed by atoms with Crippen molar-refractivity contribution in [2.75, 3.05) is 33.3 Å². The molecule has 2 saturated heterocycles. The highest BCUT2D eigenvalue weighted by Gasteiger charge is 2.24. The fourth-order valence-electron chi connectivity index (χ4n) is 3.39. The summed E-state index contributed by atoms with van der Waals surface area (Å²) in [5, 5.41) is 3.50. The van der Waals surface area contributed by atoms with E-state index in [1.807, 2.05) is 7.05 Å². The molecule has 0 amide bonds. The molecule has 2 heterocycles. The minimum atomic E-state index is 0.463. The zero-order valence-electron chi connectivity index (χ0n) is 12.7. The summed E-state index contributed by atoms with van der Waals surface area (Å²) >= 11 is 0. The van der Waals surface area contributed by atoms with Crippen LogP contribution >= 0.6 is 0 Å². The Morgan fingerprint density at radius 3 is 2.63 bits per heavy atom. The molecule has 0 saturated carbocycles. The molecule has 4 nitrogen and oxygen atoms in total. The van der Waals surface area contributed by atoms with E-state index in [2.05, 4.69) is 29.1 Å². The fraction of sp³-hybridized carbons (Fsp3) is 0.933. The van der Waals surface area contributed by atoms with E-state index in [9.17, 15) is 0 Å². The Morgan fingerprint density at radius 1 is 1.32 bits per heavy atom. The zero-order valence-corrected chi connectivity index (χ0v) is 12.7. The van der Waals surface area contributed by atoms with Crippen molar-refractivity contribution in [1.29, 1.82) is 0 Å². The quantitative estimate of drug-likeness (QED) is 0.628. The van der Waals surface area contributed by atoms with Crippen LogP contribution in [0.4, 0.5) is 0 Å². The van der Waals surface area contributed by atoms with Crippen LogP contribution in [0.15, 0.2) is 4.99 Å². The lowest BCUT2D eigenvalue weighted by molar-refractivity contribution is 0.105. The molecule has 0 aromatic heterocycles. The van der Waals surface area contributed by atoms with Crippen molar-refractivity contribution in [3.63, 3.8) is 0 Å². The number of ether oxygens (including phenoxy) is 1. The maximum atomic E-state index is 5.65. The van der Waals surface area contributed by atoms with E-state index in [1.54, 1.807) is 0 Å². The molecule has 0 aliphatic carbocycles. The van der Waals surface area contributed by atoms with Crippen LogP contribution in [0, 0.1) is 11.8 Å². The van der Waals surface area contributed by atoms with Crippen LogP contribution in [0.3, 0.4) is 0 Å². The average molecular weight is 267 g/mol. The third-order valence-electron chi connectivity index (χ3n) is 4.15. The first-order valence-electron chi connectivity index (χ1n) is 7.76. The molecule has 2 aliphatic rings. The minimum Gasteiger partial charge on any atom is -0.378 e. The molecule has 0 aromatic rings. The minimum absolute atomic E-state index is 0.463. The second-order valence-corrected chi connectivity index (χ2v) is 6.25. The Kier molecular flexibility index (Phi) is 5.49. The molecule has 0 bridgehead atoms. The van der Waals surface area contributed by atoms with Gasteiger partial charge in [0.2, 0.25) is 0 Å². The molecule has 4 heteroatoms. The summed E-state index contributed by atoms with van der Waals surface area (Å²) in [6.45, 7) is 8.84. The van der Waals surface area contributed by atoms with Gasteiger partial charge in [-0.3, -0.25) is 4.99 Å². The third kappa shape index (κ3) is 4.37. The number of likely N-dealkylation sites (tertiary alicyclic amines) is 1. The first kappa shape index (κ1) is 14.6. The molecular formula is C15H29N3O. The van der Waals surface area contributed by atoms with Crippen molar-refractivity contribution in [3.05, 3.63) is 0 Å². The summed E-state index contributed by atoms with van der Waals surface area (Å²) in [7, 11) is 1.89. The third-order valence-corrected chi connectivity index (χ3v) is 4.15. The molecule has 2 rings (SSSR count). The lowest BCUT2D eigenvalue weighted by atomic mass is 9.92. The van der Waals surface area contributed by atoms with Crippen LogP contribution in [-0.2, 0) is 4.74 Å². The van der Waals surface area contributed by atoms with E-state index in [-0.39, 0.29) is 0 Å². The Morgan fingerprint density at radius 2 is 2.05 bits per heavy atom. The molecule has 0 radical (unpaired) electrons. The van der Waals surface area contributed by atoms with Gasteiger partial charge in [0.15, 0.2) is 5.96 Å². The van der Waals surface area contributed by atoms with Crippen LogP contribution in [-0.4, -0.2) is 50.3 Å². The molecule has 2 aliphatic heterocycles. The van der Waals surface area contributed by atoms with Crippen molar-refractivity contribution < 1.29 is 4.74 Å². The Labute approximate surface area is 117 Å². The van der Waals surface area contributed by atoms with Gasteiger partial charge in [0.05, 0.1) is 6.10 Å². The standard InChI is InChI=1S/C15H29N3O/c1-12-9-13(2)11-18(10-12)15(16-3)17-7-6-14-5-4-8-19-14/h12-14H,4-11H2,1-3H3,(H,16,17). The normalized spacial score (nSPS) is 32.7. The molecule has 110 valence electrons. The highest BCUT2D eigenvalue weighted by molar-refractivity contribution is 5.80. The summed E-state index contributed by atoms with van der Waals surface area (Å²) in [6, 6.07) is 0. The first-order chi connectivity index (χ1) is 9.19. The predicted octanol–water partition coefficient (Wildman–Crippen LogP) is 2.11. The number of rotatable bonds is 3. The topological polar surface area (TPSA) is 36.9 Å². The number of nitrogens with one attached hydrogen (secondary N) is 1. The smallest absolute Gasteiger partial charge is 0.193 e. The van der Waals surface area contributed by atoms with Gasteiger partial charge >= 0.3 is 0 Å². The first-order valence-corrected chi connectivity index (χ1v) is 7.76. The maximum absolute atomic E-state index is 5.65. The molecule has 2 fully saturated rings. The van der Waals surface area contributed by atoms with Crippen molar-refractivity contribution in [3.8, 4) is 0 Å². The predicted molar refractivity (Wildman–Crippen MR) is 79.5 cm³/mol. The largest absolute Gasteiger partial charge is 0.378 e. The van der Waals surface area contributed by atoms with Crippen molar-refractivity contribution in [2.24, 2.45) is 16.8 Å². The second-order valence-electron chi connectivity index (χ2n) is 6.25.